The molecule has 0 bridgehead atoms. The Balaban J connectivity index is 2.50. The molecule has 0 aliphatic rings. The molecule has 0 aromatic heterocycles. The Hall–Kier alpha value is -1.23. The van der Waals surface area contributed by atoms with Crippen LogP contribution in [-0.4, -0.2) is 17.9 Å². The third-order valence-electron chi connectivity index (χ3n) is 2.49. The van der Waals surface area contributed by atoms with E-state index in [1.165, 1.54) is 0 Å². The van der Waals surface area contributed by atoms with Crippen LogP contribution in [0.1, 0.15) is 37.9 Å². The molecule has 102 valence electrons. The molecule has 1 aromatic rings. The van der Waals surface area contributed by atoms with Crippen molar-refractivity contribution in [1.29, 1.82) is 0 Å². The average Bonchev–Trinajstić information content (AvgIpc) is 2.28. The Labute approximate surface area is 104 Å². The Kier molecular flexibility index (Phi) is 5.47. The maximum Gasteiger partial charge on any atom is 0.389 e. The fourth-order valence-electron chi connectivity index (χ4n) is 1.64. The Bertz CT molecular complexity index is 363. The van der Waals surface area contributed by atoms with Crippen molar-refractivity contribution in [3.8, 4) is 5.75 Å². The molecule has 0 fully saturated rings. The van der Waals surface area contributed by atoms with Crippen LogP contribution in [0.2, 0.25) is 0 Å². The normalized spacial score (nSPS) is 13.4. The highest BCUT2D eigenvalue weighted by molar-refractivity contribution is 5.29. The maximum atomic E-state index is 12.0. The first kappa shape index (κ1) is 14.8. The molecular weight excluding hydrogens is 245 g/mol. The summed E-state index contributed by atoms with van der Waals surface area (Å²) in [5.74, 6) is 0.616. The molecule has 0 aliphatic carbocycles. The van der Waals surface area contributed by atoms with Crippen molar-refractivity contribution in [2.24, 2.45) is 0 Å². The summed E-state index contributed by atoms with van der Waals surface area (Å²) in [6, 6.07) is 6.80. The molecule has 0 heterocycles. The van der Waals surface area contributed by atoms with Gasteiger partial charge in [-0.3, -0.25) is 0 Å². The molecule has 0 saturated heterocycles. The number of hydrogen-bond donors (Lipinski definition) is 1. The quantitative estimate of drug-likeness (QED) is 0.843. The van der Waals surface area contributed by atoms with Gasteiger partial charge in [0.05, 0.1) is 12.7 Å². The molecule has 0 spiro atoms. The van der Waals surface area contributed by atoms with Crippen molar-refractivity contribution in [3.63, 3.8) is 0 Å². The van der Waals surface area contributed by atoms with E-state index in [1.807, 2.05) is 6.92 Å². The van der Waals surface area contributed by atoms with E-state index in [-0.39, 0.29) is 12.8 Å². The van der Waals surface area contributed by atoms with E-state index in [4.69, 9.17) is 4.74 Å². The minimum Gasteiger partial charge on any atom is -0.494 e. The van der Waals surface area contributed by atoms with Crippen LogP contribution in [0.3, 0.4) is 0 Å². The fourth-order valence-corrected chi connectivity index (χ4v) is 1.64. The van der Waals surface area contributed by atoms with Crippen LogP contribution in [0.5, 0.6) is 5.75 Å². The lowest BCUT2D eigenvalue weighted by Crippen LogP contribution is -2.08. The highest BCUT2D eigenvalue weighted by atomic mass is 19.4. The van der Waals surface area contributed by atoms with Gasteiger partial charge in [0.25, 0.3) is 0 Å². The van der Waals surface area contributed by atoms with Crippen molar-refractivity contribution < 1.29 is 23.0 Å². The van der Waals surface area contributed by atoms with Gasteiger partial charge in [0, 0.05) is 6.42 Å². The minimum absolute atomic E-state index is 0.0798. The fraction of sp³-hybridized carbons (Fsp3) is 0.538. The van der Waals surface area contributed by atoms with Gasteiger partial charge in [-0.05, 0) is 37.5 Å². The smallest absolute Gasteiger partial charge is 0.389 e. The zero-order valence-electron chi connectivity index (χ0n) is 10.2. The van der Waals surface area contributed by atoms with Gasteiger partial charge in [-0.25, -0.2) is 0 Å². The molecule has 0 aliphatic heterocycles. The number of benzene rings is 1. The summed E-state index contributed by atoms with van der Waals surface area (Å²) in [7, 11) is 0. The molecule has 1 aromatic carbocycles. The molecule has 0 amide bonds. The van der Waals surface area contributed by atoms with Gasteiger partial charge in [-0.1, -0.05) is 12.1 Å². The summed E-state index contributed by atoms with van der Waals surface area (Å²) in [5, 5.41) is 9.79. The van der Waals surface area contributed by atoms with Crippen LogP contribution >= 0.6 is 0 Å². The predicted octanol–water partition coefficient (Wildman–Crippen LogP) is 3.85. The maximum absolute atomic E-state index is 12.0. The molecular formula is C13H17F3O2. The van der Waals surface area contributed by atoms with Crippen LogP contribution in [-0.2, 0) is 0 Å². The second-order valence-electron chi connectivity index (χ2n) is 4.03. The second kappa shape index (κ2) is 6.64. The number of aliphatic hydroxyl groups excluding tert-OH is 1. The molecule has 5 heteroatoms. The van der Waals surface area contributed by atoms with E-state index in [0.29, 0.717) is 17.9 Å². The lowest BCUT2D eigenvalue weighted by molar-refractivity contribution is -0.136. The van der Waals surface area contributed by atoms with Gasteiger partial charge in [0.2, 0.25) is 0 Å². The number of halogens is 3. The highest BCUT2D eigenvalue weighted by Gasteiger charge is 2.26. The summed E-state index contributed by atoms with van der Waals surface area (Å²) >= 11 is 0. The lowest BCUT2D eigenvalue weighted by Gasteiger charge is -2.13. The van der Waals surface area contributed by atoms with E-state index in [0.717, 1.165) is 0 Å². The number of ether oxygens (including phenoxy) is 1. The van der Waals surface area contributed by atoms with Crippen LogP contribution in [0.25, 0.3) is 0 Å². The zero-order chi connectivity index (χ0) is 13.6. The Morgan fingerprint density at radius 2 is 2.06 bits per heavy atom. The molecule has 0 radical (unpaired) electrons. The Morgan fingerprint density at radius 1 is 1.33 bits per heavy atom. The lowest BCUT2D eigenvalue weighted by atomic mass is 10.0. The summed E-state index contributed by atoms with van der Waals surface area (Å²) in [6.07, 6.45) is -5.89. The van der Waals surface area contributed by atoms with E-state index >= 15 is 0 Å². The zero-order valence-corrected chi connectivity index (χ0v) is 10.2. The van der Waals surface area contributed by atoms with Gasteiger partial charge in [-0.15, -0.1) is 0 Å². The molecule has 0 saturated carbocycles. The van der Waals surface area contributed by atoms with Crippen molar-refractivity contribution in [3.05, 3.63) is 29.8 Å². The molecule has 1 unspecified atom stereocenters. The van der Waals surface area contributed by atoms with Crippen molar-refractivity contribution >= 4 is 0 Å². The van der Waals surface area contributed by atoms with Gasteiger partial charge in [0.15, 0.2) is 0 Å². The molecule has 1 rings (SSSR count). The standard InChI is InChI=1S/C13H17F3O2/c1-2-18-11-6-3-5-10(9-11)12(17)7-4-8-13(14,15)16/h3,5-6,9,12,17H,2,4,7-8H2,1H3. The van der Waals surface area contributed by atoms with Crippen molar-refractivity contribution in [1.82, 2.24) is 0 Å². The summed E-state index contributed by atoms with van der Waals surface area (Å²) in [6.45, 7) is 2.35. The average molecular weight is 262 g/mol. The van der Waals surface area contributed by atoms with E-state index in [9.17, 15) is 18.3 Å². The third kappa shape index (κ3) is 5.40. The first-order valence-electron chi connectivity index (χ1n) is 5.90. The van der Waals surface area contributed by atoms with Crippen LogP contribution in [0.4, 0.5) is 13.2 Å². The molecule has 1 N–H and O–H groups in total. The monoisotopic (exact) mass is 262 g/mol. The van der Waals surface area contributed by atoms with E-state index < -0.39 is 18.7 Å². The SMILES string of the molecule is CCOc1cccc(C(O)CCCC(F)(F)F)c1. The number of rotatable bonds is 6. The van der Waals surface area contributed by atoms with E-state index in [1.54, 1.807) is 24.3 Å². The number of hydrogen-bond acceptors (Lipinski definition) is 2. The Morgan fingerprint density at radius 3 is 2.67 bits per heavy atom. The van der Waals surface area contributed by atoms with Crippen LogP contribution in [0, 0.1) is 0 Å². The topological polar surface area (TPSA) is 29.5 Å². The number of alkyl halides is 3. The van der Waals surface area contributed by atoms with Gasteiger partial charge in [-0.2, -0.15) is 13.2 Å². The molecule has 18 heavy (non-hydrogen) atoms. The van der Waals surface area contributed by atoms with Gasteiger partial charge < -0.3 is 9.84 Å². The summed E-state index contributed by atoms with van der Waals surface area (Å²) in [5.41, 5.74) is 0.586. The van der Waals surface area contributed by atoms with E-state index in [2.05, 4.69) is 0 Å². The van der Waals surface area contributed by atoms with Crippen molar-refractivity contribution in [2.75, 3.05) is 6.61 Å². The third-order valence-corrected chi connectivity index (χ3v) is 2.49. The van der Waals surface area contributed by atoms with Crippen molar-refractivity contribution in [2.45, 2.75) is 38.5 Å². The summed E-state index contributed by atoms with van der Waals surface area (Å²) < 4.78 is 41.2. The van der Waals surface area contributed by atoms with Gasteiger partial charge >= 0.3 is 6.18 Å². The first-order chi connectivity index (χ1) is 8.42. The van der Waals surface area contributed by atoms with Crippen LogP contribution < -0.4 is 4.74 Å². The number of aliphatic hydroxyl groups is 1. The minimum atomic E-state index is -4.16. The molecule has 1 atom stereocenters. The van der Waals surface area contributed by atoms with Crippen LogP contribution in [0.15, 0.2) is 24.3 Å². The predicted molar refractivity (Wildman–Crippen MR) is 62.5 cm³/mol. The van der Waals surface area contributed by atoms with Gasteiger partial charge in [0.1, 0.15) is 5.75 Å². The first-order valence-corrected chi connectivity index (χ1v) is 5.90. The highest BCUT2D eigenvalue weighted by Crippen LogP contribution is 2.27. The summed E-state index contributed by atoms with van der Waals surface area (Å²) in [4.78, 5) is 0. The second-order valence-corrected chi connectivity index (χ2v) is 4.03. The molecule has 2 nitrogen and oxygen atoms in total. The largest absolute Gasteiger partial charge is 0.494 e.